The molecule has 0 aliphatic rings. The van der Waals surface area contributed by atoms with Gasteiger partial charge in [0, 0.05) is 13.0 Å². The number of rotatable bonds is 2. The number of esters is 1. The quantitative estimate of drug-likeness (QED) is 0.529. The largest absolute Gasteiger partial charge is 0.441 e. The molecular weight excluding hydrogens is 261 g/mol. The van der Waals surface area contributed by atoms with Gasteiger partial charge >= 0.3 is 5.97 Å². The van der Waals surface area contributed by atoms with Gasteiger partial charge in [0.25, 0.3) is 0 Å². The molecule has 4 nitrogen and oxygen atoms in total. The second-order valence-corrected chi connectivity index (χ2v) is 4.26. The third kappa shape index (κ3) is 2.38. The summed E-state index contributed by atoms with van der Waals surface area (Å²) >= 11 is 0. The molecule has 0 saturated carbocycles. The Morgan fingerprint density at radius 2 is 1.95 bits per heavy atom. The van der Waals surface area contributed by atoms with E-state index >= 15 is 0 Å². The van der Waals surface area contributed by atoms with Crippen molar-refractivity contribution in [2.45, 2.75) is 6.92 Å². The minimum absolute atomic E-state index is 0.280. The first-order valence-corrected chi connectivity index (χ1v) is 5.97. The molecule has 1 heterocycles. The average molecular weight is 271 g/mol. The van der Waals surface area contributed by atoms with Gasteiger partial charge in [-0.25, -0.2) is 14.2 Å². The van der Waals surface area contributed by atoms with E-state index in [2.05, 4.69) is 4.98 Å². The Morgan fingerprint density at radius 3 is 2.70 bits per heavy atom. The second-order valence-electron chi connectivity index (χ2n) is 4.26. The number of carbonyl (C=O) groups is 1. The molecule has 5 heteroatoms. The van der Waals surface area contributed by atoms with E-state index in [9.17, 15) is 9.18 Å². The fourth-order valence-electron chi connectivity index (χ4n) is 1.84. The van der Waals surface area contributed by atoms with Crippen molar-refractivity contribution in [2.75, 3.05) is 0 Å². The van der Waals surface area contributed by atoms with Crippen molar-refractivity contribution in [3.63, 3.8) is 0 Å². The summed E-state index contributed by atoms with van der Waals surface area (Å²) in [4.78, 5) is 16.0. The Labute approximate surface area is 113 Å². The highest BCUT2D eigenvalue weighted by Crippen LogP contribution is 2.22. The van der Waals surface area contributed by atoms with Crippen molar-refractivity contribution >= 4 is 17.1 Å². The van der Waals surface area contributed by atoms with Gasteiger partial charge < -0.3 is 9.15 Å². The van der Waals surface area contributed by atoms with Crippen molar-refractivity contribution in [3.8, 4) is 5.75 Å². The number of carbonyl (C=O) groups excluding carboxylic acids is 1. The van der Waals surface area contributed by atoms with E-state index in [1.165, 1.54) is 24.3 Å². The van der Waals surface area contributed by atoms with E-state index in [1.54, 1.807) is 25.1 Å². The Hall–Kier alpha value is -2.69. The fourth-order valence-corrected chi connectivity index (χ4v) is 1.84. The van der Waals surface area contributed by atoms with Crippen LogP contribution in [0.3, 0.4) is 0 Å². The number of oxazole rings is 1. The van der Waals surface area contributed by atoms with E-state index in [0.717, 1.165) is 0 Å². The lowest BCUT2D eigenvalue weighted by Crippen LogP contribution is -2.08. The number of hydrogen-bond acceptors (Lipinski definition) is 4. The first-order valence-electron chi connectivity index (χ1n) is 5.97. The molecule has 0 radical (unpaired) electrons. The SMILES string of the molecule is Cc1nc2cc(OC(=O)c3ccc(F)cc3)ccc2o1. The number of aryl methyl sites for hydroxylation is 1. The minimum Gasteiger partial charge on any atom is -0.441 e. The van der Waals surface area contributed by atoms with Crippen LogP contribution in [0.15, 0.2) is 46.9 Å². The number of benzene rings is 2. The highest BCUT2D eigenvalue weighted by atomic mass is 19.1. The maximum atomic E-state index is 12.8. The van der Waals surface area contributed by atoms with Gasteiger partial charge in [0.05, 0.1) is 5.56 Å². The summed E-state index contributed by atoms with van der Waals surface area (Å²) in [5.74, 6) is -0.0484. The Bertz CT molecular complexity index is 777. The number of fused-ring (bicyclic) bond motifs is 1. The molecular formula is C15H10FNO3. The second kappa shape index (κ2) is 4.77. The molecule has 0 atom stereocenters. The molecule has 0 amide bonds. The van der Waals surface area contributed by atoms with Crippen LogP contribution in [0.25, 0.3) is 11.1 Å². The van der Waals surface area contributed by atoms with Gasteiger partial charge in [-0.05, 0) is 36.4 Å². The molecule has 100 valence electrons. The molecule has 2 aromatic carbocycles. The molecule has 0 aliphatic carbocycles. The zero-order chi connectivity index (χ0) is 14.1. The predicted octanol–water partition coefficient (Wildman–Crippen LogP) is 3.49. The molecule has 1 aromatic heterocycles. The van der Waals surface area contributed by atoms with Crippen LogP contribution in [-0.4, -0.2) is 11.0 Å². The maximum absolute atomic E-state index is 12.8. The van der Waals surface area contributed by atoms with E-state index in [0.29, 0.717) is 22.7 Å². The third-order valence-corrected chi connectivity index (χ3v) is 2.76. The van der Waals surface area contributed by atoms with Crippen LogP contribution in [0, 0.1) is 12.7 Å². The number of hydrogen-bond donors (Lipinski definition) is 0. The molecule has 3 rings (SSSR count). The lowest BCUT2D eigenvalue weighted by atomic mass is 10.2. The molecule has 0 bridgehead atoms. The highest BCUT2D eigenvalue weighted by Gasteiger charge is 2.10. The number of aromatic nitrogens is 1. The van der Waals surface area contributed by atoms with Crippen LogP contribution in [0.1, 0.15) is 16.2 Å². The summed E-state index contributed by atoms with van der Waals surface area (Å²) in [5, 5.41) is 0. The monoisotopic (exact) mass is 271 g/mol. The fraction of sp³-hybridized carbons (Fsp3) is 0.0667. The van der Waals surface area contributed by atoms with Gasteiger partial charge in [-0.1, -0.05) is 0 Å². The van der Waals surface area contributed by atoms with E-state index in [-0.39, 0.29) is 5.56 Å². The van der Waals surface area contributed by atoms with Gasteiger partial charge in [-0.3, -0.25) is 0 Å². The summed E-state index contributed by atoms with van der Waals surface area (Å²) in [6.07, 6.45) is 0. The lowest BCUT2D eigenvalue weighted by molar-refractivity contribution is 0.0735. The maximum Gasteiger partial charge on any atom is 0.343 e. The van der Waals surface area contributed by atoms with Gasteiger partial charge in [0.2, 0.25) is 0 Å². The van der Waals surface area contributed by atoms with Crippen LogP contribution in [0.5, 0.6) is 5.75 Å². The standard InChI is InChI=1S/C15H10FNO3/c1-9-17-13-8-12(6-7-14(13)19-9)20-15(18)10-2-4-11(16)5-3-10/h2-8H,1H3. The average Bonchev–Trinajstić information content (AvgIpc) is 2.78. The van der Waals surface area contributed by atoms with E-state index in [1.807, 2.05) is 0 Å². The zero-order valence-corrected chi connectivity index (χ0v) is 10.6. The van der Waals surface area contributed by atoms with Crippen LogP contribution in [0.2, 0.25) is 0 Å². The van der Waals surface area contributed by atoms with E-state index < -0.39 is 11.8 Å². The zero-order valence-electron chi connectivity index (χ0n) is 10.6. The van der Waals surface area contributed by atoms with Crippen LogP contribution in [-0.2, 0) is 0 Å². The summed E-state index contributed by atoms with van der Waals surface area (Å²) < 4.78 is 23.3. The third-order valence-electron chi connectivity index (χ3n) is 2.76. The first-order chi connectivity index (χ1) is 9.61. The molecule has 0 spiro atoms. The summed E-state index contributed by atoms with van der Waals surface area (Å²) in [6, 6.07) is 10.1. The van der Waals surface area contributed by atoms with Crippen molar-refractivity contribution in [1.82, 2.24) is 4.98 Å². The van der Waals surface area contributed by atoms with Crippen LogP contribution in [0.4, 0.5) is 4.39 Å². The van der Waals surface area contributed by atoms with Crippen LogP contribution >= 0.6 is 0 Å². The van der Waals surface area contributed by atoms with Crippen molar-refractivity contribution in [1.29, 1.82) is 0 Å². The Kier molecular flexibility index (Phi) is 2.95. The molecule has 20 heavy (non-hydrogen) atoms. The number of nitrogens with zero attached hydrogens (tertiary/aromatic N) is 1. The number of halogens is 1. The minimum atomic E-state index is -0.551. The van der Waals surface area contributed by atoms with Gasteiger partial charge in [-0.2, -0.15) is 0 Å². The topological polar surface area (TPSA) is 52.3 Å². The van der Waals surface area contributed by atoms with Crippen LogP contribution < -0.4 is 4.74 Å². The number of ether oxygens (including phenoxy) is 1. The summed E-state index contributed by atoms with van der Waals surface area (Å²) in [5.41, 5.74) is 1.53. The smallest absolute Gasteiger partial charge is 0.343 e. The van der Waals surface area contributed by atoms with Gasteiger partial charge in [-0.15, -0.1) is 0 Å². The highest BCUT2D eigenvalue weighted by molar-refractivity contribution is 5.91. The predicted molar refractivity (Wildman–Crippen MR) is 70.1 cm³/mol. The van der Waals surface area contributed by atoms with Crippen molar-refractivity contribution < 1.29 is 18.3 Å². The molecule has 0 unspecified atom stereocenters. The normalized spacial score (nSPS) is 10.7. The van der Waals surface area contributed by atoms with Crippen molar-refractivity contribution in [3.05, 3.63) is 59.7 Å². The molecule has 0 N–H and O–H groups in total. The van der Waals surface area contributed by atoms with Crippen molar-refractivity contribution in [2.24, 2.45) is 0 Å². The summed E-state index contributed by atoms with van der Waals surface area (Å²) in [6.45, 7) is 1.74. The Morgan fingerprint density at radius 1 is 1.20 bits per heavy atom. The summed E-state index contributed by atoms with van der Waals surface area (Å²) in [7, 11) is 0. The molecule has 0 fully saturated rings. The lowest BCUT2D eigenvalue weighted by Gasteiger charge is -2.03. The molecule has 0 saturated heterocycles. The Balaban J connectivity index is 1.84. The van der Waals surface area contributed by atoms with Gasteiger partial charge in [0.1, 0.15) is 17.1 Å². The first kappa shape index (κ1) is 12.3. The van der Waals surface area contributed by atoms with Gasteiger partial charge in [0.15, 0.2) is 11.5 Å². The molecule has 0 aliphatic heterocycles. The van der Waals surface area contributed by atoms with E-state index in [4.69, 9.17) is 9.15 Å². The molecule has 3 aromatic rings.